The third-order valence-electron chi connectivity index (χ3n) is 5.84. The van der Waals surface area contributed by atoms with Crippen LogP contribution in [-0.4, -0.2) is 45.9 Å². The quantitative estimate of drug-likeness (QED) is 0.133. The molecule has 2 heterocycles. The molecule has 2 aromatic heterocycles. The summed E-state index contributed by atoms with van der Waals surface area (Å²) in [6.45, 7) is 5.00. The van der Waals surface area contributed by atoms with Gasteiger partial charge in [0.1, 0.15) is 5.69 Å². The largest absolute Gasteiger partial charge is 0.477 e. The van der Waals surface area contributed by atoms with Gasteiger partial charge in [-0.3, -0.25) is 15.1 Å². The Kier molecular flexibility index (Phi) is 9.40. The molecule has 3 rings (SSSR count). The fourth-order valence-corrected chi connectivity index (χ4v) is 4.23. The summed E-state index contributed by atoms with van der Waals surface area (Å²) in [6.07, 6.45) is 4.27. The number of benzene rings is 1. The van der Waals surface area contributed by atoms with Crippen molar-refractivity contribution in [2.24, 2.45) is 13.0 Å². The molecule has 11 heteroatoms. The lowest BCUT2D eigenvalue weighted by atomic mass is 10.0. The van der Waals surface area contributed by atoms with Crippen LogP contribution in [0.1, 0.15) is 42.2 Å². The number of hydrogen-bond acceptors (Lipinski definition) is 8. The summed E-state index contributed by atoms with van der Waals surface area (Å²) >= 11 is 3.37. The van der Waals surface area contributed by atoms with Crippen LogP contribution in [0.2, 0.25) is 0 Å². The first-order chi connectivity index (χ1) is 17.2. The Morgan fingerprint density at radius 2 is 2.08 bits per heavy atom. The summed E-state index contributed by atoms with van der Waals surface area (Å²) in [7, 11) is 3.13. The van der Waals surface area contributed by atoms with Gasteiger partial charge in [0.25, 0.3) is 5.69 Å². The first-order valence-corrected chi connectivity index (χ1v) is 12.4. The summed E-state index contributed by atoms with van der Waals surface area (Å²) in [6, 6.07) is 8.22. The summed E-state index contributed by atoms with van der Waals surface area (Å²) in [5.41, 5.74) is 2.94. The number of ether oxygens (including phenoxy) is 2. The van der Waals surface area contributed by atoms with Crippen LogP contribution in [0.25, 0.3) is 11.3 Å². The van der Waals surface area contributed by atoms with Crippen molar-refractivity contribution in [2.75, 3.05) is 25.6 Å². The summed E-state index contributed by atoms with van der Waals surface area (Å²) < 4.78 is 13.3. The van der Waals surface area contributed by atoms with Gasteiger partial charge in [-0.25, -0.2) is 9.48 Å². The van der Waals surface area contributed by atoms with Gasteiger partial charge in [0.2, 0.25) is 5.88 Å². The minimum atomic E-state index is -0.430. The molecule has 1 N–H and O–H groups in total. The molecule has 36 heavy (non-hydrogen) atoms. The van der Waals surface area contributed by atoms with Crippen LogP contribution in [0, 0.1) is 23.0 Å². The maximum absolute atomic E-state index is 12.0. The van der Waals surface area contributed by atoms with Crippen molar-refractivity contribution in [3.05, 3.63) is 62.4 Å². The number of nitrogens with one attached hydrogen (secondary N) is 1. The molecule has 1 atom stereocenters. The minimum absolute atomic E-state index is 0.0558. The summed E-state index contributed by atoms with van der Waals surface area (Å²) in [5.74, 6) is 0.458. The summed E-state index contributed by atoms with van der Waals surface area (Å²) in [4.78, 5) is 27.5. The number of hydrogen-bond donors (Lipinski definition) is 1. The van der Waals surface area contributed by atoms with E-state index < -0.39 is 5.97 Å². The Morgan fingerprint density at radius 3 is 2.78 bits per heavy atom. The molecule has 0 aliphatic rings. The molecule has 0 fully saturated rings. The van der Waals surface area contributed by atoms with Crippen molar-refractivity contribution in [2.45, 2.75) is 33.1 Å². The molecular weight excluding hydrogens is 530 g/mol. The van der Waals surface area contributed by atoms with E-state index in [4.69, 9.17) is 9.47 Å². The smallest absolute Gasteiger partial charge is 0.337 e. The molecule has 0 bridgehead atoms. The Balaban J connectivity index is 1.61. The zero-order valence-electron chi connectivity index (χ0n) is 20.8. The standard InChI is InChI=1S/C25H30BrN5O5/c1-5-17(14-27-22-13-19(26)8-9-23(22)31(33)34)7-6-10-36-24-20(15-28-30(24)3)21-12-18(25(32)35-4)11-16(2)29-21/h8-9,11-13,15,17,27H,5-7,10,14H2,1-4H3/t17-/m1/s1. The van der Waals surface area contributed by atoms with E-state index in [9.17, 15) is 14.9 Å². The highest BCUT2D eigenvalue weighted by molar-refractivity contribution is 9.10. The number of halogens is 1. The molecule has 0 saturated carbocycles. The number of methoxy groups -OCH3 is 1. The zero-order valence-corrected chi connectivity index (χ0v) is 22.4. The molecular formula is C25H30BrN5O5. The van der Waals surface area contributed by atoms with Gasteiger partial charge in [-0.05, 0) is 49.9 Å². The van der Waals surface area contributed by atoms with Crippen molar-refractivity contribution in [3.63, 3.8) is 0 Å². The minimum Gasteiger partial charge on any atom is -0.477 e. The molecule has 0 aliphatic heterocycles. The number of nitro groups is 1. The third-order valence-corrected chi connectivity index (χ3v) is 6.34. The number of aromatic nitrogens is 3. The van der Waals surface area contributed by atoms with Gasteiger partial charge in [0.15, 0.2) is 0 Å². The number of esters is 1. The highest BCUT2D eigenvalue weighted by atomic mass is 79.9. The molecule has 192 valence electrons. The molecule has 0 radical (unpaired) electrons. The average molecular weight is 560 g/mol. The van der Waals surface area contributed by atoms with Crippen molar-refractivity contribution in [1.82, 2.24) is 14.8 Å². The molecule has 0 spiro atoms. The maximum Gasteiger partial charge on any atom is 0.337 e. The van der Waals surface area contributed by atoms with E-state index in [-0.39, 0.29) is 10.6 Å². The topological polar surface area (TPSA) is 121 Å². The molecule has 10 nitrogen and oxygen atoms in total. The normalized spacial score (nSPS) is 11.7. The lowest BCUT2D eigenvalue weighted by molar-refractivity contribution is -0.384. The van der Waals surface area contributed by atoms with Crippen LogP contribution in [0.15, 0.2) is 41.0 Å². The molecule has 0 saturated heterocycles. The van der Waals surface area contributed by atoms with E-state index >= 15 is 0 Å². The highest BCUT2D eigenvalue weighted by Crippen LogP contribution is 2.30. The Labute approximate surface area is 218 Å². The zero-order chi connectivity index (χ0) is 26.2. The lowest BCUT2D eigenvalue weighted by Crippen LogP contribution is -2.16. The van der Waals surface area contributed by atoms with E-state index in [2.05, 4.69) is 38.3 Å². The number of nitrogens with zero attached hydrogens (tertiary/aromatic N) is 4. The van der Waals surface area contributed by atoms with E-state index in [0.717, 1.165) is 23.7 Å². The van der Waals surface area contributed by atoms with Gasteiger partial charge in [-0.1, -0.05) is 29.3 Å². The highest BCUT2D eigenvalue weighted by Gasteiger charge is 2.18. The second-order valence-corrected chi connectivity index (χ2v) is 9.34. The number of anilines is 1. The average Bonchev–Trinajstić information content (AvgIpc) is 3.22. The molecule has 0 aliphatic carbocycles. The SMILES string of the molecule is CC[C@H](CCCOc1c(-c2cc(C(=O)OC)cc(C)n2)cnn1C)CNc1cc(Br)ccc1[N+](=O)[O-]. The Bertz CT molecular complexity index is 1230. The van der Waals surface area contributed by atoms with Crippen LogP contribution >= 0.6 is 15.9 Å². The monoisotopic (exact) mass is 559 g/mol. The van der Waals surface area contributed by atoms with Gasteiger partial charge >= 0.3 is 5.97 Å². The van der Waals surface area contributed by atoms with Crippen molar-refractivity contribution in [3.8, 4) is 17.1 Å². The number of carbonyl (C=O) groups is 1. The molecule has 3 aromatic rings. The second kappa shape index (κ2) is 12.5. The van der Waals surface area contributed by atoms with Crippen LogP contribution in [-0.2, 0) is 11.8 Å². The van der Waals surface area contributed by atoms with Crippen LogP contribution in [0.4, 0.5) is 11.4 Å². The van der Waals surface area contributed by atoms with Crippen molar-refractivity contribution < 1.29 is 19.2 Å². The van der Waals surface area contributed by atoms with Gasteiger partial charge in [0, 0.05) is 29.8 Å². The Morgan fingerprint density at radius 1 is 1.31 bits per heavy atom. The van der Waals surface area contributed by atoms with Crippen molar-refractivity contribution in [1.29, 1.82) is 0 Å². The number of pyridine rings is 1. The predicted molar refractivity (Wildman–Crippen MR) is 140 cm³/mol. The first kappa shape index (κ1) is 27.1. The number of carbonyl (C=O) groups excluding carboxylic acids is 1. The van der Waals surface area contributed by atoms with E-state index in [1.807, 2.05) is 6.92 Å². The van der Waals surface area contributed by atoms with E-state index in [1.165, 1.54) is 13.2 Å². The number of rotatable bonds is 12. The van der Waals surface area contributed by atoms with Gasteiger partial charge in [0.05, 0.1) is 41.7 Å². The fourth-order valence-electron chi connectivity index (χ4n) is 3.87. The van der Waals surface area contributed by atoms with E-state index in [1.54, 1.807) is 42.2 Å². The van der Waals surface area contributed by atoms with Gasteiger partial charge in [-0.15, -0.1) is 0 Å². The van der Waals surface area contributed by atoms with Crippen LogP contribution in [0.3, 0.4) is 0 Å². The third kappa shape index (κ3) is 6.81. The lowest BCUT2D eigenvalue weighted by Gasteiger charge is -2.17. The number of aryl methyl sites for hydroxylation is 2. The first-order valence-electron chi connectivity index (χ1n) is 11.6. The maximum atomic E-state index is 12.0. The Hall–Kier alpha value is -3.47. The van der Waals surface area contributed by atoms with Gasteiger partial charge < -0.3 is 14.8 Å². The van der Waals surface area contributed by atoms with Crippen LogP contribution in [0.5, 0.6) is 5.88 Å². The summed E-state index contributed by atoms with van der Waals surface area (Å²) in [5, 5.41) is 18.9. The predicted octanol–water partition coefficient (Wildman–Crippen LogP) is 5.55. The van der Waals surface area contributed by atoms with Crippen molar-refractivity contribution >= 4 is 33.3 Å². The van der Waals surface area contributed by atoms with Gasteiger partial charge in [-0.2, -0.15) is 5.10 Å². The van der Waals surface area contributed by atoms with Crippen LogP contribution < -0.4 is 10.1 Å². The number of nitro benzene ring substituents is 1. The molecule has 0 amide bonds. The fraction of sp³-hybridized carbons (Fsp3) is 0.400. The molecule has 0 unspecified atom stereocenters. The molecule has 1 aromatic carbocycles. The van der Waals surface area contributed by atoms with E-state index in [0.29, 0.717) is 53.2 Å². The second-order valence-electron chi connectivity index (χ2n) is 8.43.